The van der Waals surface area contributed by atoms with Crippen molar-refractivity contribution in [1.29, 1.82) is 0 Å². The van der Waals surface area contributed by atoms with Crippen molar-refractivity contribution in [3.8, 4) is 0 Å². The minimum Gasteiger partial charge on any atom is -0.347 e. The lowest BCUT2D eigenvalue weighted by Gasteiger charge is -2.08. The maximum atomic E-state index is 13.0. The Labute approximate surface area is 173 Å². The highest BCUT2D eigenvalue weighted by Gasteiger charge is 2.18. The molecule has 140 valence electrons. The normalized spacial score (nSPS) is 10.9. The molecule has 0 bridgehead atoms. The second-order valence-corrected chi connectivity index (χ2v) is 8.37. The van der Waals surface area contributed by atoms with Crippen LogP contribution in [0.4, 0.5) is 0 Å². The molecule has 4 rings (SSSR count). The van der Waals surface area contributed by atoms with Crippen LogP contribution in [0.3, 0.4) is 0 Å². The Hall–Kier alpha value is -2.62. The van der Waals surface area contributed by atoms with E-state index in [-0.39, 0.29) is 5.91 Å². The molecule has 1 heterocycles. The predicted octanol–water partition coefficient (Wildman–Crippen LogP) is 6.38. The number of aryl methyl sites for hydroxylation is 1. The molecule has 4 aromatic rings. The number of carbonyl (C=O) groups excluding carboxylic acids is 1. The first-order valence-corrected chi connectivity index (χ1v) is 10.4. The highest BCUT2D eigenvalue weighted by atomic mass is 35.5. The van der Waals surface area contributed by atoms with Gasteiger partial charge in [-0.05, 0) is 53.6 Å². The molecule has 0 saturated carbocycles. The second-order valence-electron chi connectivity index (χ2n) is 6.88. The molecule has 0 aliphatic carbocycles. The first-order chi connectivity index (χ1) is 13.6. The van der Waals surface area contributed by atoms with E-state index < -0.39 is 0 Å². The van der Waals surface area contributed by atoms with E-state index in [0.29, 0.717) is 11.6 Å². The number of nitrogens with one attached hydrogen (secondary N) is 1. The van der Waals surface area contributed by atoms with Crippen molar-refractivity contribution >= 4 is 38.9 Å². The molecule has 0 unspecified atom stereocenters. The van der Waals surface area contributed by atoms with Crippen LogP contribution in [0.25, 0.3) is 10.1 Å². The monoisotopic (exact) mass is 405 g/mol. The zero-order chi connectivity index (χ0) is 19.5. The van der Waals surface area contributed by atoms with Crippen LogP contribution in [-0.2, 0) is 13.0 Å². The molecular formula is C24H20ClNOS. The van der Waals surface area contributed by atoms with Gasteiger partial charge in [-0.2, -0.15) is 0 Å². The van der Waals surface area contributed by atoms with Gasteiger partial charge >= 0.3 is 0 Å². The van der Waals surface area contributed by atoms with Crippen LogP contribution in [0, 0.1) is 6.92 Å². The van der Waals surface area contributed by atoms with Crippen molar-refractivity contribution in [3.63, 3.8) is 0 Å². The topological polar surface area (TPSA) is 29.1 Å². The highest BCUT2D eigenvalue weighted by Crippen LogP contribution is 2.33. The molecular weight excluding hydrogens is 386 g/mol. The van der Waals surface area contributed by atoms with Crippen LogP contribution in [0.5, 0.6) is 0 Å². The maximum absolute atomic E-state index is 13.0. The van der Waals surface area contributed by atoms with Gasteiger partial charge in [0.2, 0.25) is 0 Å². The Bertz CT molecular complexity index is 1110. The third-order valence-corrected chi connectivity index (χ3v) is 6.24. The highest BCUT2D eigenvalue weighted by molar-refractivity contribution is 7.21. The van der Waals surface area contributed by atoms with Crippen LogP contribution in [0.2, 0.25) is 5.02 Å². The average Bonchev–Trinajstić information content (AvgIpc) is 3.08. The summed E-state index contributed by atoms with van der Waals surface area (Å²) < 4.78 is 1.14. The van der Waals surface area contributed by atoms with Crippen molar-refractivity contribution in [2.45, 2.75) is 19.9 Å². The number of halogens is 1. The van der Waals surface area contributed by atoms with Gasteiger partial charge in [0.15, 0.2) is 0 Å². The molecule has 0 aliphatic heterocycles. The predicted molar refractivity (Wildman–Crippen MR) is 118 cm³/mol. The van der Waals surface area contributed by atoms with Crippen LogP contribution in [0.15, 0.2) is 72.8 Å². The largest absolute Gasteiger partial charge is 0.347 e. The Morgan fingerprint density at radius 1 is 0.929 bits per heavy atom. The van der Waals surface area contributed by atoms with Crippen LogP contribution in [-0.4, -0.2) is 5.91 Å². The van der Waals surface area contributed by atoms with E-state index in [4.69, 9.17) is 11.6 Å². The second kappa shape index (κ2) is 8.17. The number of carbonyl (C=O) groups is 1. The summed E-state index contributed by atoms with van der Waals surface area (Å²) in [6.45, 7) is 2.56. The van der Waals surface area contributed by atoms with Crippen LogP contribution >= 0.6 is 22.9 Å². The number of fused-ring (bicyclic) bond motifs is 1. The fourth-order valence-corrected chi connectivity index (χ4v) is 4.50. The molecule has 0 fully saturated rings. The molecule has 0 radical (unpaired) electrons. The van der Waals surface area contributed by atoms with E-state index in [9.17, 15) is 4.79 Å². The number of thiophene rings is 1. The fraction of sp³-hybridized carbons (Fsp3) is 0.125. The van der Waals surface area contributed by atoms with Gasteiger partial charge < -0.3 is 5.32 Å². The first kappa shape index (κ1) is 18.7. The molecule has 1 amide bonds. The minimum absolute atomic E-state index is 0.0294. The summed E-state index contributed by atoms with van der Waals surface area (Å²) in [5.74, 6) is -0.0294. The van der Waals surface area contributed by atoms with Crippen molar-refractivity contribution in [3.05, 3.63) is 105 Å². The number of benzene rings is 3. The lowest BCUT2D eigenvalue weighted by Crippen LogP contribution is -2.22. The summed E-state index contributed by atoms with van der Waals surface area (Å²) in [5, 5.41) is 4.91. The summed E-state index contributed by atoms with van der Waals surface area (Å²) in [7, 11) is 0. The van der Waals surface area contributed by atoms with E-state index in [0.717, 1.165) is 32.5 Å². The molecule has 1 N–H and O–H groups in total. The molecule has 1 aromatic heterocycles. The maximum Gasteiger partial charge on any atom is 0.261 e. The van der Waals surface area contributed by atoms with Crippen LogP contribution < -0.4 is 5.32 Å². The van der Waals surface area contributed by atoms with E-state index in [2.05, 4.69) is 48.6 Å². The van der Waals surface area contributed by atoms with Crippen molar-refractivity contribution < 1.29 is 4.79 Å². The van der Waals surface area contributed by atoms with Gasteiger partial charge in [-0.1, -0.05) is 71.8 Å². The van der Waals surface area contributed by atoms with E-state index in [1.165, 1.54) is 11.1 Å². The summed E-state index contributed by atoms with van der Waals surface area (Å²) in [6, 6.07) is 24.3. The summed E-state index contributed by atoms with van der Waals surface area (Å²) in [4.78, 5) is 13.8. The molecule has 0 saturated heterocycles. The van der Waals surface area contributed by atoms with Gasteiger partial charge in [-0.25, -0.2) is 0 Å². The van der Waals surface area contributed by atoms with Crippen LogP contribution in [0.1, 0.15) is 31.9 Å². The number of hydrogen-bond donors (Lipinski definition) is 1. The molecule has 0 aliphatic rings. The van der Waals surface area contributed by atoms with Gasteiger partial charge in [0.25, 0.3) is 5.91 Å². The molecule has 2 nitrogen and oxygen atoms in total. The van der Waals surface area contributed by atoms with Crippen molar-refractivity contribution in [2.75, 3.05) is 0 Å². The molecule has 0 atom stereocenters. The third-order valence-electron chi connectivity index (χ3n) is 4.77. The molecule has 4 heteroatoms. The molecule has 28 heavy (non-hydrogen) atoms. The Morgan fingerprint density at radius 3 is 2.36 bits per heavy atom. The van der Waals surface area contributed by atoms with Gasteiger partial charge in [-0.15, -0.1) is 11.3 Å². The van der Waals surface area contributed by atoms with Gasteiger partial charge in [0.05, 0.1) is 4.88 Å². The molecule has 0 spiro atoms. The smallest absolute Gasteiger partial charge is 0.261 e. The minimum atomic E-state index is -0.0294. The van der Waals surface area contributed by atoms with Crippen molar-refractivity contribution in [2.24, 2.45) is 0 Å². The number of amides is 1. The average molecular weight is 406 g/mol. The van der Waals surface area contributed by atoms with Gasteiger partial charge in [-0.3, -0.25) is 4.79 Å². The quantitative estimate of drug-likeness (QED) is 0.409. The standard InChI is InChI=1S/C24H20ClNOS/c1-16-6-8-17(9-7-16)14-21-20-4-2-3-5-22(20)28-23(21)24(27)26-15-18-10-12-19(25)13-11-18/h2-13H,14-15H2,1H3,(H,26,27). The summed E-state index contributed by atoms with van der Waals surface area (Å²) in [5.41, 5.74) is 4.57. The lowest BCUT2D eigenvalue weighted by molar-refractivity contribution is 0.0954. The van der Waals surface area contributed by atoms with E-state index in [1.54, 1.807) is 11.3 Å². The summed E-state index contributed by atoms with van der Waals surface area (Å²) in [6.07, 6.45) is 0.744. The SMILES string of the molecule is Cc1ccc(Cc2c(C(=O)NCc3ccc(Cl)cc3)sc3ccccc23)cc1. The van der Waals surface area contributed by atoms with Gasteiger partial charge in [0, 0.05) is 16.3 Å². The molecule has 3 aromatic carbocycles. The Kier molecular flexibility index (Phi) is 5.47. The van der Waals surface area contributed by atoms with E-state index in [1.807, 2.05) is 36.4 Å². The van der Waals surface area contributed by atoms with Crippen molar-refractivity contribution in [1.82, 2.24) is 5.32 Å². The van der Waals surface area contributed by atoms with Gasteiger partial charge in [0.1, 0.15) is 0 Å². The Morgan fingerprint density at radius 2 is 1.61 bits per heavy atom. The van der Waals surface area contributed by atoms with E-state index >= 15 is 0 Å². The zero-order valence-corrected chi connectivity index (χ0v) is 17.1. The zero-order valence-electron chi connectivity index (χ0n) is 15.5. The third kappa shape index (κ3) is 4.11. The lowest BCUT2D eigenvalue weighted by atomic mass is 10.0. The number of hydrogen-bond acceptors (Lipinski definition) is 2. The fourth-order valence-electron chi connectivity index (χ4n) is 3.23. The summed E-state index contributed by atoms with van der Waals surface area (Å²) >= 11 is 7.50. The number of rotatable bonds is 5. The first-order valence-electron chi connectivity index (χ1n) is 9.19. The Balaban J connectivity index is 1.62.